The molecule has 1 amide bonds. The van der Waals surface area contributed by atoms with Crippen molar-refractivity contribution in [2.24, 2.45) is 0 Å². The van der Waals surface area contributed by atoms with E-state index in [-0.39, 0.29) is 29.4 Å². The molecule has 230 valence electrons. The Morgan fingerprint density at radius 2 is 1.70 bits per heavy atom. The fraction of sp³-hybridized carbons (Fsp3) is 0.400. The van der Waals surface area contributed by atoms with Crippen molar-refractivity contribution in [2.45, 2.75) is 52.0 Å². The van der Waals surface area contributed by atoms with Crippen LogP contribution in [0.2, 0.25) is 0 Å². The molecule has 0 radical (unpaired) electrons. The van der Waals surface area contributed by atoms with Gasteiger partial charge in [0.1, 0.15) is 11.5 Å². The van der Waals surface area contributed by atoms with Gasteiger partial charge in [0.25, 0.3) is 5.56 Å². The number of hydrogen-bond acceptors (Lipinski definition) is 12. The van der Waals surface area contributed by atoms with Gasteiger partial charge in [-0.25, -0.2) is 25.4 Å². The molecule has 0 aliphatic heterocycles. The molecule has 1 fully saturated rings. The first-order chi connectivity index (χ1) is 21.2. The molecule has 4 aromatic heterocycles. The van der Waals surface area contributed by atoms with E-state index in [1.54, 1.807) is 41.8 Å². The van der Waals surface area contributed by atoms with Gasteiger partial charge in [0, 0.05) is 57.2 Å². The van der Waals surface area contributed by atoms with Crippen LogP contribution < -0.4 is 26.2 Å². The van der Waals surface area contributed by atoms with Crippen LogP contribution in [-0.4, -0.2) is 73.6 Å². The van der Waals surface area contributed by atoms with E-state index in [4.69, 9.17) is 10.2 Å². The minimum atomic E-state index is -0.527. The number of aromatic nitrogens is 6. The van der Waals surface area contributed by atoms with E-state index in [9.17, 15) is 14.4 Å². The molecule has 0 aromatic carbocycles. The summed E-state index contributed by atoms with van der Waals surface area (Å²) in [7, 11) is 3.84. The zero-order valence-corrected chi connectivity index (χ0v) is 25.2. The van der Waals surface area contributed by atoms with Crippen molar-refractivity contribution in [2.75, 3.05) is 42.3 Å². The number of hydrogen-bond donors (Lipinski definition) is 3. The molecule has 44 heavy (non-hydrogen) atoms. The molecule has 4 aromatic rings. The highest BCUT2D eigenvalue weighted by Gasteiger charge is 2.26. The molecule has 4 heterocycles. The summed E-state index contributed by atoms with van der Waals surface area (Å²) < 4.78 is 1.69. The Morgan fingerprint density at radius 3 is 2.34 bits per heavy atom. The highest BCUT2D eigenvalue weighted by molar-refractivity contribution is 5.99. The maximum atomic E-state index is 13.5. The second kappa shape index (κ2) is 13.1. The summed E-state index contributed by atoms with van der Waals surface area (Å²) in [6, 6.07) is 3.78. The zero-order valence-electron chi connectivity index (χ0n) is 25.2. The standard InChI is InChI=1S/C30H36N10O4/c1-18-23-17-32-29(36-27(23)40(21-7-5-6-8-21)28(43)26(18)19(2)41)35-24-10-9-22(16-31-24)38(3)11-12-39(4)30-33-14-20(15-34-30)13-25(42)37-44/h9-10,14-17,21,44H,5-8,11-13H2,1-4H3,(H,37,42)(H,31,32,35,36). The average molecular weight is 601 g/mol. The molecule has 0 spiro atoms. The molecule has 1 saturated carbocycles. The Bertz CT molecular complexity index is 1720. The number of carbonyl (C=O) groups is 2. The summed E-state index contributed by atoms with van der Waals surface area (Å²) in [6.45, 7) is 4.49. The van der Waals surface area contributed by atoms with Crippen LogP contribution in [-0.2, 0) is 11.2 Å². The first-order valence-electron chi connectivity index (χ1n) is 14.5. The number of aryl methyl sites for hydroxylation is 1. The van der Waals surface area contributed by atoms with Gasteiger partial charge in [-0.1, -0.05) is 12.8 Å². The van der Waals surface area contributed by atoms with Gasteiger partial charge in [0.15, 0.2) is 5.78 Å². The number of likely N-dealkylation sites (N-methyl/N-ethyl adjacent to an activating group) is 2. The highest BCUT2D eigenvalue weighted by atomic mass is 16.5. The monoisotopic (exact) mass is 600 g/mol. The van der Waals surface area contributed by atoms with Gasteiger partial charge < -0.3 is 15.1 Å². The van der Waals surface area contributed by atoms with Crippen LogP contribution in [0.4, 0.5) is 23.4 Å². The van der Waals surface area contributed by atoms with Gasteiger partial charge in [-0.2, -0.15) is 4.98 Å². The molecule has 3 N–H and O–H groups in total. The van der Waals surface area contributed by atoms with Crippen molar-refractivity contribution < 1.29 is 14.8 Å². The number of rotatable bonds is 11. The van der Waals surface area contributed by atoms with Crippen LogP contribution in [0, 0.1) is 6.92 Å². The molecule has 14 heteroatoms. The van der Waals surface area contributed by atoms with Gasteiger partial charge in [-0.15, -0.1) is 0 Å². The number of amides is 1. The number of nitrogens with zero attached hydrogens (tertiary/aromatic N) is 8. The number of ketones is 1. The van der Waals surface area contributed by atoms with Crippen molar-refractivity contribution in [3.05, 3.63) is 64.0 Å². The quantitative estimate of drug-likeness (QED) is 0.131. The fourth-order valence-electron chi connectivity index (χ4n) is 5.50. The fourth-order valence-corrected chi connectivity index (χ4v) is 5.50. The van der Waals surface area contributed by atoms with Crippen molar-refractivity contribution in [1.29, 1.82) is 0 Å². The van der Waals surface area contributed by atoms with Gasteiger partial charge in [0.2, 0.25) is 17.8 Å². The number of pyridine rings is 2. The van der Waals surface area contributed by atoms with Crippen LogP contribution in [0.15, 0.2) is 41.7 Å². The third-order valence-electron chi connectivity index (χ3n) is 7.97. The van der Waals surface area contributed by atoms with E-state index in [1.807, 2.05) is 31.1 Å². The summed E-state index contributed by atoms with van der Waals surface area (Å²) in [5.41, 5.74) is 4.14. The Hall–Kier alpha value is -4.98. The molecule has 5 rings (SSSR count). The second-order valence-corrected chi connectivity index (χ2v) is 11.1. The van der Waals surface area contributed by atoms with Crippen LogP contribution in [0.5, 0.6) is 0 Å². The maximum Gasteiger partial charge on any atom is 0.263 e. The molecule has 1 aliphatic rings. The van der Waals surface area contributed by atoms with Crippen molar-refractivity contribution in [3.63, 3.8) is 0 Å². The molecule has 14 nitrogen and oxygen atoms in total. The van der Waals surface area contributed by atoms with Gasteiger partial charge in [0.05, 0.1) is 23.9 Å². The van der Waals surface area contributed by atoms with E-state index < -0.39 is 5.91 Å². The smallest absolute Gasteiger partial charge is 0.263 e. The summed E-state index contributed by atoms with van der Waals surface area (Å²) >= 11 is 0. The predicted molar refractivity (Wildman–Crippen MR) is 166 cm³/mol. The number of Topliss-reactive ketones (excluding diaryl/α,β-unsaturated/α-hetero) is 1. The van der Waals surface area contributed by atoms with E-state index >= 15 is 0 Å². The number of carbonyl (C=O) groups excluding carboxylic acids is 2. The van der Waals surface area contributed by atoms with Gasteiger partial charge >= 0.3 is 0 Å². The topological polar surface area (TPSA) is 171 Å². The van der Waals surface area contributed by atoms with Crippen LogP contribution in [0.3, 0.4) is 0 Å². The lowest BCUT2D eigenvalue weighted by Crippen LogP contribution is -2.31. The molecular formula is C30H36N10O4. The van der Waals surface area contributed by atoms with Crippen molar-refractivity contribution in [3.8, 4) is 0 Å². The molecule has 0 saturated heterocycles. The molecule has 0 bridgehead atoms. The third-order valence-corrected chi connectivity index (χ3v) is 7.97. The summed E-state index contributed by atoms with van der Waals surface area (Å²) in [4.78, 5) is 63.4. The summed E-state index contributed by atoms with van der Waals surface area (Å²) in [5.74, 6) is 0.607. The third kappa shape index (κ3) is 6.49. The SMILES string of the molecule is CC(=O)c1c(C)c2cnc(Nc3ccc(N(C)CCN(C)c4ncc(CC(=O)NO)cn4)cn3)nc2n(C2CCCC2)c1=O. The highest BCUT2D eigenvalue weighted by Crippen LogP contribution is 2.32. The number of fused-ring (bicyclic) bond motifs is 1. The number of nitrogens with one attached hydrogen (secondary N) is 2. The maximum absolute atomic E-state index is 13.5. The molecular weight excluding hydrogens is 564 g/mol. The second-order valence-electron chi connectivity index (χ2n) is 11.1. The van der Waals surface area contributed by atoms with E-state index in [0.717, 1.165) is 31.4 Å². The Morgan fingerprint density at radius 1 is 1.00 bits per heavy atom. The van der Waals surface area contributed by atoms with E-state index in [0.29, 0.717) is 53.0 Å². The van der Waals surface area contributed by atoms with E-state index in [2.05, 4.69) is 30.2 Å². The first kappa shape index (κ1) is 30.5. The number of hydroxylamine groups is 1. The Labute approximate surface area is 254 Å². The van der Waals surface area contributed by atoms with Crippen LogP contribution in [0.25, 0.3) is 11.0 Å². The Balaban J connectivity index is 1.27. The van der Waals surface area contributed by atoms with Crippen molar-refractivity contribution >= 4 is 46.1 Å². The average Bonchev–Trinajstić information content (AvgIpc) is 3.54. The molecule has 0 atom stereocenters. The lowest BCUT2D eigenvalue weighted by Gasteiger charge is -2.23. The van der Waals surface area contributed by atoms with Gasteiger partial charge in [-0.3, -0.25) is 24.2 Å². The minimum absolute atomic E-state index is 0.00273. The summed E-state index contributed by atoms with van der Waals surface area (Å²) in [5, 5.41) is 12.5. The Kier molecular flexibility index (Phi) is 9.09. The lowest BCUT2D eigenvalue weighted by atomic mass is 10.0. The normalized spacial score (nSPS) is 13.2. The largest absolute Gasteiger partial charge is 0.372 e. The lowest BCUT2D eigenvalue weighted by molar-refractivity contribution is -0.128. The zero-order chi connectivity index (χ0) is 31.4. The summed E-state index contributed by atoms with van der Waals surface area (Å²) in [6.07, 6.45) is 10.4. The van der Waals surface area contributed by atoms with Crippen LogP contribution in [0.1, 0.15) is 60.1 Å². The molecule has 1 aliphatic carbocycles. The first-order valence-corrected chi connectivity index (χ1v) is 14.5. The van der Waals surface area contributed by atoms with Crippen molar-refractivity contribution in [1.82, 2.24) is 35.0 Å². The predicted octanol–water partition coefficient (Wildman–Crippen LogP) is 2.97. The molecule has 0 unspecified atom stereocenters. The minimum Gasteiger partial charge on any atom is -0.372 e. The number of anilines is 4. The van der Waals surface area contributed by atoms with Gasteiger partial charge in [-0.05, 0) is 49.9 Å². The van der Waals surface area contributed by atoms with Crippen LogP contribution >= 0.6 is 0 Å². The van der Waals surface area contributed by atoms with E-state index in [1.165, 1.54) is 6.92 Å².